The molecular formula is C14H19N3O. The summed E-state index contributed by atoms with van der Waals surface area (Å²) in [6, 6.07) is 3.38. The highest BCUT2D eigenvalue weighted by Crippen LogP contribution is 2.14. The van der Waals surface area contributed by atoms with Crippen LogP contribution in [0.1, 0.15) is 55.3 Å². The van der Waals surface area contributed by atoms with Crippen LogP contribution in [0.4, 0.5) is 0 Å². The van der Waals surface area contributed by atoms with Crippen LogP contribution in [0.5, 0.6) is 0 Å². The van der Waals surface area contributed by atoms with Crippen LogP contribution in [0.3, 0.4) is 0 Å². The molecule has 0 aliphatic heterocycles. The standard InChI is InChI=1S/C14H19N3O/c18-14(12-8-10-15-11-9-12)17-16-13-6-4-2-1-3-5-7-13/h8-11H,1-7H2,(H,17,18). The van der Waals surface area contributed by atoms with Crippen LogP contribution in [0.15, 0.2) is 29.6 Å². The fraction of sp³-hybridized carbons (Fsp3) is 0.500. The average Bonchev–Trinajstić information content (AvgIpc) is 2.38. The Balaban J connectivity index is 1.90. The number of carbonyl (C=O) groups is 1. The van der Waals surface area contributed by atoms with Gasteiger partial charge in [-0.2, -0.15) is 5.10 Å². The number of rotatable bonds is 2. The summed E-state index contributed by atoms with van der Waals surface area (Å²) in [4.78, 5) is 15.7. The fourth-order valence-electron chi connectivity index (χ4n) is 2.12. The molecule has 4 heteroatoms. The van der Waals surface area contributed by atoms with Gasteiger partial charge in [0.2, 0.25) is 0 Å². The van der Waals surface area contributed by atoms with Crippen LogP contribution in [0.2, 0.25) is 0 Å². The van der Waals surface area contributed by atoms with Crippen LogP contribution in [0, 0.1) is 0 Å². The minimum atomic E-state index is -0.160. The first-order chi connectivity index (χ1) is 8.86. The molecule has 0 aromatic carbocycles. The molecule has 1 N–H and O–H groups in total. The molecule has 0 spiro atoms. The lowest BCUT2D eigenvalue weighted by molar-refractivity contribution is 0.0954. The van der Waals surface area contributed by atoms with Crippen molar-refractivity contribution in [1.29, 1.82) is 0 Å². The smallest absolute Gasteiger partial charge is 0.267 e. The van der Waals surface area contributed by atoms with Gasteiger partial charge >= 0.3 is 0 Å². The zero-order valence-corrected chi connectivity index (χ0v) is 10.6. The van der Waals surface area contributed by atoms with Gasteiger partial charge in [-0.05, 0) is 37.8 Å². The molecule has 1 heterocycles. The van der Waals surface area contributed by atoms with Crippen molar-refractivity contribution in [3.8, 4) is 0 Å². The van der Waals surface area contributed by atoms with Crippen LogP contribution in [0.25, 0.3) is 0 Å². The topological polar surface area (TPSA) is 54.4 Å². The maximum atomic E-state index is 11.8. The molecule has 0 radical (unpaired) electrons. The van der Waals surface area contributed by atoms with E-state index in [2.05, 4.69) is 15.5 Å². The van der Waals surface area contributed by atoms with Crippen molar-refractivity contribution in [3.63, 3.8) is 0 Å². The predicted molar refractivity (Wildman–Crippen MR) is 71.5 cm³/mol. The summed E-state index contributed by atoms with van der Waals surface area (Å²) in [7, 11) is 0. The third-order valence-corrected chi connectivity index (χ3v) is 3.19. The SMILES string of the molecule is O=C(NN=C1CCCCCCC1)c1ccncc1. The van der Waals surface area contributed by atoms with Crippen molar-refractivity contribution in [1.82, 2.24) is 10.4 Å². The van der Waals surface area contributed by atoms with Gasteiger partial charge in [-0.1, -0.05) is 19.3 Å². The normalized spacial score (nSPS) is 16.6. The molecule has 0 saturated heterocycles. The molecule has 1 amide bonds. The molecule has 1 aromatic rings. The van der Waals surface area contributed by atoms with E-state index in [4.69, 9.17) is 0 Å². The largest absolute Gasteiger partial charge is 0.271 e. The molecule has 0 unspecified atom stereocenters. The maximum Gasteiger partial charge on any atom is 0.271 e. The Kier molecular flexibility index (Phi) is 4.88. The molecule has 1 fully saturated rings. The molecule has 1 saturated carbocycles. The van der Waals surface area contributed by atoms with Crippen molar-refractivity contribution in [2.45, 2.75) is 44.9 Å². The number of nitrogens with one attached hydrogen (secondary N) is 1. The van der Waals surface area contributed by atoms with Crippen molar-refractivity contribution >= 4 is 11.6 Å². The maximum absolute atomic E-state index is 11.8. The predicted octanol–water partition coefficient (Wildman–Crippen LogP) is 2.91. The summed E-state index contributed by atoms with van der Waals surface area (Å²) in [5.41, 5.74) is 4.36. The van der Waals surface area contributed by atoms with Crippen molar-refractivity contribution in [2.75, 3.05) is 0 Å². The van der Waals surface area contributed by atoms with E-state index in [1.54, 1.807) is 24.5 Å². The Bertz CT molecular complexity index is 404. The molecular weight excluding hydrogens is 226 g/mol. The fourth-order valence-corrected chi connectivity index (χ4v) is 2.12. The summed E-state index contributed by atoms with van der Waals surface area (Å²) in [6.07, 6.45) is 11.5. The first kappa shape index (κ1) is 12.7. The van der Waals surface area contributed by atoms with Crippen molar-refractivity contribution in [2.24, 2.45) is 5.10 Å². The van der Waals surface area contributed by atoms with E-state index in [1.807, 2.05) is 0 Å². The Morgan fingerprint density at radius 3 is 2.33 bits per heavy atom. The highest BCUT2D eigenvalue weighted by Gasteiger charge is 2.07. The van der Waals surface area contributed by atoms with Gasteiger partial charge in [-0.3, -0.25) is 9.78 Å². The van der Waals surface area contributed by atoms with E-state index in [1.165, 1.54) is 32.1 Å². The Hall–Kier alpha value is -1.71. The van der Waals surface area contributed by atoms with E-state index < -0.39 is 0 Å². The number of amides is 1. The molecule has 96 valence electrons. The van der Waals surface area contributed by atoms with E-state index in [0.29, 0.717) is 5.56 Å². The molecule has 2 rings (SSSR count). The lowest BCUT2D eigenvalue weighted by Crippen LogP contribution is -2.20. The lowest BCUT2D eigenvalue weighted by atomic mass is 9.99. The van der Waals surface area contributed by atoms with E-state index in [0.717, 1.165) is 18.6 Å². The molecule has 0 bridgehead atoms. The second kappa shape index (κ2) is 6.89. The van der Waals surface area contributed by atoms with Gasteiger partial charge in [0.05, 0.1) is 0 Å². The van der Waals surface area contributed by atoms with Crippen LogP contribution in [-0.4, -0.2) is 16.6 Å². The number of pyridine rings is 1. The number of hydrazone groups is 1. The summed E-state index contributed by atoms with van der Waals surface area (Å²) >= 11 is 0. The second-order valence-corrected chi connectivity index (χ2v) is 4.62. The van der Waals surface area contributed by atoms with E-state index >= 15 is 0 Å². The van der Waals surface area contributed by atoms with E-state index in [9.17, 15) is 4.79 Å². The van der Waals surface area contributed by atoms with Gasteiger partial charge in [-0.25, -0.2) is 5.43 Å². The van der Waals surface area contributed by atoms with Gasteiger partial charge in [0.15, 0.2) is 0 Å². The number of carbonyl (C=O) groups excluding carboxylic acids is 1. The first-order valence-corrected chi connectivity index (χ1v) is 6.62. The molecule has 0 atom stereocenters. The number of hydrogen-bond acceptors (Lipinski definition) is 3. The number of hydrogen-bond donors (Lipinski definition) is 1. The van der Waals surface area contributed by atoms with Gasteiger partial charge in [-0.15, -0.1) is 0 Å². The quantitative estimate of drug-likeness (QED) is 0.814. The number of nitrogens with zero attached hydrogens (tertiary/aromatic N) is 2. The lowest BCUT2D eigenvalue weighted by Gasteiger charge is -2.10. The Morgan fingerprint density at radius 1 is 1.06 bits per heavy atom. The minimum Gasteiger partial charge on any atom is -0.267 e. The van der Waals surface area contributed by atoms with Gasteiger partial charge < -0.3 is 0 Å². The molecule has 18 heavy (non-hydrogen) atoms. The minimum absolute atomic E-state index is 0.160. The summed E-state index contributed by atoms with van der Waals surface area (Å²) in [5.74, 6) is -0.160. The highest BCUT2D eigenvalue weighted by molar-refractivity contribution is 5.95. The third kappa shape index (κ3) is 3.95. The van der Waals surface area contributed by atoms with Gasteiger partial charge in [0, 0.05) is 23.7 Å². The molecule has 1 aliphatic rings. The van der Waals surface area contributed by atoms with Crippen LogP contribution >= 0.6 is 0 Å². The summed E-state index contributed by atoms with van der Waals surface area (Å²) in [5, 5.41) is 4.26. The highest BCUT2D eigenvalue weighted by atomic mass is 16.2. The Labute approximate surface area is 108 Å². The molecule has 1 aliphatic carbocycles. The van der Waals surface area contributed by atoms with Gasteiger partial charge in [0.25, 0.3) is 5.91 Å². The first-order valence-electron chi connectivity index (χ1n) is 6.62. The summed E-state index contributed by atoms with van der Waals surface area (Å²) in [6.45, 7) is 0. The van der Waals surface area contributed by atoms with Gasteiger partial charge in [0.1, 0.15) is 0 Å². The second-order valence-electron chi connectivity index (χ2n) is 4.62. The third-order valence-electron chi connectivity index (χ3n) is 3.19. The van der Waals surface area contributed by atoms with E-state index in [-0.39, 0.29) is 5.91 Å². The number of aromatic nitrogens is 1. The van der Waals surface area contributed by atoms with Crippen molar-refractivity contribution < 1.29 is 4.79 Å². The zero-order valence-electron chi connectivity index (χ0n) is 10.6. The van der Waals surface area contributed by atoms with Crippen LogP contribution in [-0.2, 0) is 0 Å². The molecule has 1 aromatic heterocycles. The zero-order chi connectivity index (χ0) is 12.6. The summed E-state index contributed by atoms with van der Waals surface area (Å²) < 4.78 is 0. The molecule has 4 nitrogen and oxygen atoms in total. The Morgan fingerprint density at radius 2 is 1.67 bits per heavy atom. The van der Waals surface area contributed by atoms with Crippen molar-refractivity contribution in [3.05, 3.63) is 30.1 Å². The van der Waals surface area contributed by atoms with Crippen LogP contribution < -0.4 is 5.43 Å². The average molecular weight is 245 g/mol. The monoisotopic (exact) mass is 245 g/mol.